The van der Waals surface area contributed by atoms with Gasteiger partial charge < -0.3 is 14.6 Å². The molecule has 5 nitrogen and oxygen atoms in total. The highest BCUT2D eigenvalue weighted by Crippen LogP contribution is 2.14. The molecule has 0 bridgehead atoms. The van der Waals surface area contributed by atoms with Gasteiger partial charge in [0.25, 0.3) is 0 Å². The summed E-state index contributed by atoms with van der Waals surface area (Å²) in [6.45, 7) is 4.12. The summed E-state index contributed by atoms with van der Waals surface area (Å²) in [5, 5.41) is 9.51. The minimum atomic E-state index is -0.764. The van der Waals surface area contributed by atoms with Crippen molar-refractivity contribution in [1.82, 2.24) is 0 Å². The number of carbonyl (C=O) groups excluding carboxylic acids is 2. The molecule has 1 unspecified atom stereocenters. The van der Waals surface area contributed by atoms with E-state index in [0.717, 1.165) is 38.5 Å². The molecule has 0 amide bonds. The number of allylic oxidation sites excluding steroid dienone is 2. The van der Waals surface area contributed by atoms with Crippen molar-refractivity contribution in [3.63, 3.8) is 0 Å². The molecule has 0 saturated carbocycles. The molecule has 42 heavy (non-hydrogen) atoms. The van der Waals surface area contributed by atoms with E-state index in [1.165, 1.54) is 128 Å². The number of carbonyl (C=O) groups is 2. The first-order valence-electron chi connectivity index (χ1n) is 18.2. The molecule has 1 atom stereocenters. The number of rotatable bonds is 33. The molecule has 0 aromatic rings. The maximum atomic E-state index is 12.1. The van der Waals surface area contributed by atoms with Crippen LogP contribution < -0.4 is 0 Å². The van der Waals surface area contributed by atoms with Crippen LogP contribution in [0, 0.1) is 0 Å². The Labute approximate surface area is 261 Å². The predicted octanol–water partition coefficient (Wildman–Crippen LogP) is 11.0. The standard InChI is InChI=1S/C37H70O5/c1-3-5-7-9-11-13-15-16-17-18-19-20-22-23-25-27-29-31-36(39)41-34-35(33-38)42-37(40)32-30-28-26-24-21-14-12-10-8-6-4-2/h16-17,35,38H,3-15,18-34H2,1-2H3. The van der Waals surface area contributed by atoms with Crippen LogP contribution in [0.2, 0.25) is 0 Å². The SMILES string of the molecule is CCCCCCCCC=CCCCCCCCCCC(=O)OCC(CO)OC(=O)CCCCCCCCCCCCC. The first-order valence-corrected chi connectivity index (χ1v) is 18.2. The quantitative estimate of drug-likeness (QED) is 0.0465. The molecule has 0 heterocycles. The monoisotopic (exact) mass is 595 g/mol. The van der Waals surface area contributed by atoms with E-state index in [2.05, 4.69) is 26.0 Å². The second-order valence-electron chi connectivity index (χ2n) is 12.3. The van der Waals surface area contributed by atoms with Crippen molar-refractivity contribution in [2.75, 3.05) is 13.2 Å². The highest BCUT2D eigenvalue weighted by atomic mass is 16.6. The second-order valence-corrected chi connectivity index (χ2v) is 12.3. The van der Waals surface area contributed by atoms with E-state index >= 15 is 0 Å². The van der Waals surface area contributed by atoms with Gasteiger partial charge in [-0.2, -0.15) is 0 Å². The summed E-state index contributed by atoms with van der Waals surface area (Å²) < 4.78 is 10.6. The summed E-state index contributed by atoms with van der Waals surface area (Å²) in [5.74, 6) is -0.590. The molecule has 0 fully saturated rings. The van der Waals surface area contributed by atoms with Crippen molar-refractivity contribution in [2.45, 2.75) is 200 Å². The fraction of sp³-hybridized carbons (Fsp3) is 0.892. The highest BCUT2D eigenvalue weighted by Gasteiger charge is 2.16. The third-order valence-electron chi connectivity index (χ3n) is 8.06. The smallest absolute Gasteiger partial charge is 0.306 e. The van der Waals surface area contributed by atoms with Crippen LogP contribution >= 0.6 is 0 Å². The Balaban J connectivity index is 3.53. The molecular formula is C37H70O5. The third kappa shape index (κ3) is 31.6. The van der Waals surface area contributed by atoms with Crippen LogP contribution in [-0.4, -0.2) is 36.4 Å². The van der Waals surface area contributed by atoms with Crippen LogP contribution in [-0.2, 0) is 19.1 Å². The maximum Gasteiger partial charge on any atom is 0.306 e. The van der Waals surface area contributed by atoms with E-state index in [1.807, 2.05) is 0 Å². The third-order valence-corrected chi connectivity index (χ3v) is 8.06. The Kier molecular flexibility index (Phi) is 33.0. The van der Waals surface area contributed by atoms with Crippen molar-refractivity contribution in [2.24, 2.45) is 0 Å². The number of aliphatic hydroxyl groups excluding tert-OH is 1. The lowest BCUT2D eigenvalue weighted by molar-refractivity contribution is -0.161. The van der Waals surface area contributed by atoms with Crippen LogP contribution in [0.5, 0.6) is 0 Å². The highest BCUT2D eigenvalue weighted by molar-refractivity contribution is 5.70. The number of ether oxygens (including phenoxy) is 2. The molecule has 0 spiro atoms. The van der Waals surface area contributed by atoms with E-state index in [9.17, 15) is 14.7 Å². The van der Waals surface area contributed by atoms with E-state index in [1.54, 1.807) is 0 Å². The van der Waals surface area contributed by atoms with E-state index in [4.69, 9.17) is 9.47 Å². The van der Waals surface area contributed by atoms with Gasteiger partial charge >= 0.3 is 11.9 Å². The predicted molar refractivity (Wildman–Crippen MR) is 178 cm³/mol. The van der Waals surface area contributed by atoms with Crippen LogP contribution in [0.3, 0.4) is 0 Å². The maximum absolute atomic E-state index is 12.1. The van der Waals surface area contributed by atoms with Gasteiger partial charge in [0, 0.05) is 12.8 Å². The first kappa shape index (κ1) is 40.6. The van der Waals surface area contributed by atoms with Gasteiger partial charge in [0.05, 0.1) is 6.61 Å². The molecule has 0 aliphatic rings. The van der Waals surface area contributed by atoms with Gasteiger partial charge in [0.1, 0.15) is 6.61 Å². The van der Waals surface area contributed by atoms with Crippen LogP contribution in [0.4, 0.5) is 0 Å². The largest absolute Gasteiger partial charge is 0.462 e. The van der Waals surface area contributed by atoms with Crippen molar-refractivity contribution in [3.05, 3.63) is 12.2 Å². The van der Waals surface area contributed by atoms with Gasteiger partial charge in [-0.3, -0.25) is 9.59 Å². The fourth-order valence-electron chi connectivity index (χ4n) is 5.25. The van der Waals surface area contributed by atoms with Gasteiger partial charge in [0.2, 0.25) is 0 Å². The summed E-state index contributed by atoms with van der Waals surface area (Å²) in [6.07, 6.45) is 36.9. The van der Waals surface area contributed by atoms with Crippen molar-refractivity contribution in [3.8, 4) is 0 Å². The van der Waals surface area contributed by atoms with Gasteiger partial charge in [-0.25, -0.2) is 0 Å². The zero-order valence-corrected chi connectivity index (χ0v) is 28.0. The number of hydrogen-bond acceptors (Lipinski definition) is 5. The molecule has 5 heteroatoms. The Morgan fingerprint density at radius 1 is 0.524 bits per heavy atom. The molecule has 248 valence electrons. The number of esters is 2. The average molecular weight is 595 g/mol. The van der Waals surface area contributed by atoms with E-state index in [-0.39, 0.29) is 25.2 Å². The summed E-state index contributed by atoms with van der Waals surface area (Å²) in [7, 11) is 0. The van der Waals surface area contributed by atoms with Crippen LogP contribution in [0.1, 0.15) is 194 Å². The Morgan fingerprint density at radius 3 is 1.29 bits per heavy atom. The van der Waals surface area contributed by atoms with Crippen molar-refractivity contribution >= 4 is 11.9 Å². The zero-order valence-electron chi connectivity index (χ0n) is 28.0. The van der Waals surface area contributed by atoms with Gasteiger partial charge in [0.15, 0.2) is 6.10 Å². The summed E-state index contributed by atoms with van der Waals surface area (Å²) in [4.78, 5) is 24.1. The second kappa shape index (κ2) is 34.1. The Morgan fingerprint density at radius 2 is 0.881 bits per heavy atom. The molecule has 0 aliphatic carbocycles. The van der Waals surface area contributed by atoms with Crippen LogP contribution in [0.25, 0.3) is 0 Å². The van der Waals surface area contributed by atoms with Crippen LogP contribution in [0.15, 0.2) is 12.2 Å². The lowest BCUT2D eigenvalue weighted by Crippen LogP contribution is -2.28. The first-order chi connectivity index (χ1) is 20.6. The number of aliphatic hydroxyl groups is 1. The zero-order chi connectivity index (χ0) is 30.8. The fourth-order valence-corrected chi connectivity index (χ4v) is 5.25. The molecule has 0 saturated heterocycles. The molecule has 0 aliphatic heterocycles. The van der Waals surface area contributed by atoms with E-state index in [0.29, 0.717) is 12.8 Å². The normalized spacial score (nSPS) is 12.2. The summed E-state index contributed by atoms with van der Waals surface area (Å²) >= 11 is 0. The molecule has 1 N–H and O–H groups in total. The topological polar surface area (TPSA) is 72.8 Å². The van der Waals surface area contributed by atoms with Gasteiger partial charge in [-0.05, 0) is 38.5 Å². The molecule has 0 radical (unpaired) electrons. The lowest BCUT2D eigenvalue weighted by atomic mass is 10.1. The average Bonchev–Trinajstić information content (AvgIpc) is 2.99. The molecular weight excluding hydrogens is 524 g/mol. The molecule has 0 rings (SSSR count). The molecule has 0 aromatic heterocycles. The minimum Gasteiger partial charge on any atom is -0.462 e. The summed E-state index contributed by atoms with van der Waals surface area (Å²) in [5.41, 5.74) is 0. The Hall–Kier alpha value is -1.36. The number of unbranched alkanes of at least 4 members (excludes halogenated alkanes) is 23. The number of hydrogen-bond donors (Lipinski definition) is 1. The molecule has 0 aromatic carbocycles. The Bertz CT molecular complexity index is 603. The van der Waals surface area contributed by atoms with E-state index < -0.39 is 6.10 Å². The van der Waals surface area contributed by atoms with Gasteiger partial charge in [-0.1, -0.05) is 154 Å². The van der Waals surface area contributed by atoms with Crippen molar-refractivity contribution in [1.29, 1.82) is 0 Å². The van der Waals surface area contributed by atoms with Gasteiger partial charge in [-0.15, -0.1) is 0 Å². The lowest BCUT2D eigenvalue weighted by Gasteiger charge is -2.15. The van der Waals surface area contributed by atoms with Crippen molar-refractivity contribution < 1.29 is 24.2 Å². The minimum absolute atomic E-state index is 0.0628. The summed E-state index contributed by atoms with van der Waals surface area (Å²) in [6, 6.07) is 0.